The second-order valence-electron chi connectivity index (χ2n) is 17.8. The monoisotopic (exact) mass is 869 g/mol. The molecule has 1 atom stereocenters. The lowest BCUT2D eigenvalue weighted by atomic mass is 10.1. The molecule has 360 valence electrons. The average molecular weight is 869 g/mol. The van der Waals surface area contributed by atoms with Crippen molar-refractivity contribution in [3.63, 3.8) is 0 Å². The Balaban J connectivity index is 4.36. The van der Waals surface area contributed by atoms with E-state index >= 15 is 0 Å². The molecule has 0 radical (unpaired) electrons. The molecular weight excluding hydrogens is 769 g/mol. The van der Waals surface area contributed by atoms with Gasteiger partial charge in [0.2, 0.25) is 0 Å². The Morgan fingerprint density at radius 2 is 0.629 bits per heavy atom. The van der Waals surface area contributed by atoms with Crippen molar-refractivity contribution in [1.82, 2.24) is 0 Å². The molecule has 0 rings (SSSR count). The zero-order chi connectivity index (χ0) is 45.1. The Hall–Kier alpha value is -2.63. The molecule has 6 nitrogen and oxygen atoms in total. The largest absolute Gasteiger partial charge is 0.462 e. The molecule has 0 aliphatic carbocycles. The molecule has 0 aromatic heterocycles. The van der Waals surface area contributed by atoms with Crippen molar-refractivity contribution < 1.29 is 28.6 Å². The van der Waals surface area contributed by atoms with E-state index in [2.05, 4.69) is 69.4 Å². The first-order valence-electron chi connectivity index (χ1n) is 26.6. The highest BCUT2D eigenvalue weighted by atomic mass is 16.6. The molecular formula is C56H100O6. The predicted molar refractivity (Wildman–Crippen MR) is 265 cm³/mol. The minimum atomic E-state index is -0.778. The summed E-state index contributed by atoms with van der Waals surface area (Å²) in [4.78, 5) is 38.0. The van der Waals surface area contributed by atoms with Crippen LogP contribution in [0.2, 0.25) is 0 Å². The van der Waals surface area contributed by atoms with Crippen LogP contribution in [0.15, 0.2) is 48.6 Å². The maximum Gasteiger partial charge on any atom is 0.306 e. The van der Waals surface area contributed by atoms with E-state index in [4.69, 9.17) is 14.2 Å². The summed E-state index contributed by atoms with van der Waals surface area (Å²) in [5.74, 6) is -0.888. The van der Waals surface area contributed by atoms with Gasteiger partial charge in [-0.1, -0.05) is 223 Å². The molecule has 0 fully saturated rings. The molecule has 6 heteroatoms. The van der Waals surface area contributed by atoms with Gasteiger partial charge in [0.25, 0.3) is 0 Å². The molecule has 0 aliphatic heterocycles. The maximum atomic E-state index is 12.8. The van der Waals surface area contributed by atoms with Crippen molar-refractivity contribution in [2.75, 3.05) is 13.2 Å². The van der Waals surface area contributed by atoms with Crippen molar-refractivity contribution >= 4 is 17.9 Å². The van der Waals surface area contributed by atoms with E-state index in [9.17, 15) is 14.4 Å². The molecule has 0 spiro atoms. The van der Waals surface area contributed by atoms with Crippen LogP contribution < -0.4 is 0 Å². The minimum absolute atomic E-state index is 0.0772. The first kappa shape index (κ1) is 59.4. The van der Waals surface area contributed by atoms with E-state index in [-0.39, 0.29) is 31.1 Å². The zero-order valence-corrected chi connectivity index (χ0v) is 41.1. The van der Waals surface area contributed by atoms with Crippen LogP contribution in [-0.4, -0.2) is 37.2 Å². The Morgan fingerprint density at radius 1 is 0.339 bits per heavy atom. The van der Waals surface area contributed by atoms with E-state index in [0.717, 1.165) is 89.9 Å². The SMILES string of the molecule is CC/C=C\C/C=C\C/C=C\CCCCCCCCCC(=O)OCC(COC(=O)CCCCCCCCCCCCC)OC(=O)CCCCCCC/C=C\CCCCCCCCC. The topological polar surface area (TPSA) is 78.9 Å². The summed E-state index contributed by atoms with van der Waals surface area (Å²) >= 11 is 0. The number of ether oxygens (including phenoxy) is 3. The second-order valence-corrected chi connectivity index (χ2v) is 17.8. The fourth-order valence-corrected chi connectivity index (χ4v) is 7.57. The van der Waals surface area contributed by atoms with Crippen molar-refractivity contribution in [2.45, 2.75) is 277 Å². The van der Waals surface area contributed by atoms with Gasteiger partial charge in [0.05, 0.1) is 0 Å². The molecule has 1 unspecified atom stereocenters. The van der Waals surface area contributed by atoms with Crippen molar-refractivity contribution in [1.29, 1.82) is 0 Å². The van der Waals surface area contributed by atoms with Gasteiger partial charge in [0, 0.05) is 19.3 Å². The summed E-state index contributed by atoms with van der Waals surface area (Å²) in [6, 6.07) is 0. The van der Waals surface area contributed by atoms with Crippen molar-refractivity contribution in [3.05, 3.63) is 48.6 Å². The van der Waals surface area contributed by atoms with Crippen LogP contribution >= 0.6 is 0 Å². The summed E-state index contributed by atoms with van der Waals surface area (Å²) in [5.41, 5.74) is 0. The number of esters is 3. The fourth-order valence-electron chi connectivity index (χ4n) is 7.57. The summed E-state index contributed by atoms with van der Waals surface area (Å²) in [6.45, 7) is 6.52. The van der Waals surface area contributed by atoms with Gasteiger partial charge in [-0.2, -0.15) is 0 Å². The number of carbonyl (C=O) groups is 3. The van der Waals surface area contributed by atoms with Gasteiger partial charge in [-0.3, -0.25) is 14.4 Å². The Kier molecular flexibility index (Phi) is 48.8. The normalized spacial score (nSPS) is 12.4. The summed E-state index contributed by atoms with van der Waals surface area (Å²) in [6.07, 6.45) is 60.9. The van der Waals surface area contributed by atoms with Gasteiger partial charge in [0.15, 0.2) is 6.10 Å². The third-order valence-corrected chi connectivity index (χ3v) is 11.6. The number of hydrogen-bond acceptors (Lipinski definition) is 6. The van der Waals surface area contributed by atoms with Crippen LogP contribution in [0.3, 0.4) is 0 Å². The van der Waals surface area contributed by atoms with E-state index in [0.29, 0.717) is 19.3 Å². The first-order valence-corrected chi connectivity index (χ1v) is 26.6. The van der Waals surface area contributed by atoms with Gasteiger partial charge in [-0.15, -0.1) is 0 Å². The molecule has 62 heavy (non-hydrogen) atoms. The Labute approximate surface area is 384 Å². The molecule has 0 aliphatic rings. The lowest BCUT2D eigenvalue weighted by Gasteiger charge is -2.18. The zero-order valence-electron chi connectivity index (χ0n) is 41.1. The molecule has 0 bridgehead atoms. The second kappa shape index (κ2) is 51.0. The van der Waals surface area contributed by atoms with Crippen LogP contribution in [0.5, 0.6) is 0 Å². The number of unbranched alkanes of at least 4 members (excludes halogenated alkanes) is 29. The Bertz CT molecular complexity index is 1090. The smallest absolute Gasteiger partial charge is 0.306 e. The standard InChI is InChI=1S/C56H100O6/c1-4-7-10-13-16-19-22-24-26-28-30-31-34-37-40-43-46-49-55(58)61-52-53(51-60-54(57)48-45-42-39-36-33-21-18-15-12-9-6-3)62-56(59)50-47-44-41-38-35-32-29-27-25-23-20-17-14-11-8-5-2/h7,10,16,19,24,26-27,29,53H,4-6,8-9,11-15,17-18,20-23,25,28,30-52H2,1-3H3/b10-7-,19-16-,26-24-,29-27-. The predicted octanol–water partition coefficient (Wildman–Crippen LogP) is 17.5. The van der Waals surface area contributed by atoms with Crippen LogP contribution in [0.4, 0.5) is 0 Å². The molecule has 0 amide bonds. The molecule has 0 N–H and O–H groups in total. The molecule has 0 heterocycles. The van der Waals surface area contributed by atoms with Gasteiger partial charge in [0.1, 0.15) is 13.2 Å². The van der Waals surface area contributed by atoms with Crippen LogP contribution in [0, 0.1) is 0 Å². The van der Waals surface area contributed by atoms with Crippen molar-refractivity contribution in [2.24, 2.45) is 0 Å². The van der Waals surface area contributed by atoms with Gasteiger partial charge < -0.3 is 14.2 Å². The number of hydrogen-bond donors (Lipinski definition) is 0. The van der Waals surface area contributed by atoms with E-state index in [1.165, 1.54) is 141 Å². The van der Waals surface area contributed by atoms with E-state index in [1.807, 2.05) is 0 Å². The van der Waals surface area contributed by atoms with E-state index in [1.54, 1.807) is 0 Å². The summed E-state index contributed by atoms with van der Waals surface area (Å²) in [5, 5.41) is 0. The number of rotatable bonds is 48. The maximum absolute atomic E-state index is 12.8. The molecule has 0 saturated carbocycles. The molecule has 0 aromatic carbocycles. The fraction of sp³-hybridized carbons (Fsp3) is 0.804. The quantitative estimate of drug-likeness (QED) is 0.0262. The van der Waals surface area contributed by atoms with Gasteiger partial charge >= 0.3 is 17.9 Å². The number of carbonyl (C=O) groups excluding carboxylic acids is 3. The average Bonchev–Trinajstić information content (AvgIpc) is 3.27. The third-order valence-electron chi connectivity index (χ3n) is 11.6. The summed E-state index contributed by atoms with van der Waals surface area (Å²) in [7, 11) is 0. The summed E-state index contributed by atoms with van der Waals surface area (Å²) < 4.78 is 16.8. The lowest BCUT2D eigenvalue weighted by molar-refractivity contribution is -0.167. The minimum Gasteiger partial charge on any atom is -0.462 e. The van der Waals surface area contributed by atoms with Crippen molar-refractivity contribution in [3.8, 4) is 0 Å². The van der Waals surface area contributed by atoms with Crippen LogP contribution in [0.1, 0.15) is 271 Å². The molecule has 0 aromatic rings. The highest BCUT2D eigenvalue weighted by Crippen LogP contribution is 2.15. The molecule has 0 saturated heterocycles. The number of allylic oxidation sites excluding steroid dienone is 8. The van der Waals surface area contributed by atoms with E-state index < -0.39 is 6.10 Å². The first-order chi connectivity index (χ1) is 30.5. The van der Waals surface area contributed by atoms with Crippen LogP contribution in [-0.2, 0) is 28.6 Å². The Morgan fingerprint density at radius 3 is 1.00 bits per heavy atom. The highest BCUT2D eigenvalue weighted by molar-refractivity contribution is 5.71. The highest BCUT2D eigenvalue weighted by Gasteiger charge is 2.19. The van der Waals surface area contributed by atoms with Gasteiger partial charge in [-0.05, 0) is 77.0 Å². The van der Waals surface area contributed by atoms with Crippen LogP contribution in [0.25, 0.3) is 0 Å². The van der Waals surface area contributed by atoms with Gasteiger partial charge in [-0.25, -0.2) is 0 Å². The lowest BCUT2D eigenvalue weighted by Crippen LogP contribution is -2.30. The third kappa shape index (κ3) is 48.4.